The molecule has 1 rings (SSSR count). The number of rotatable bonds is 3. The van der Waals surface area contributed by atoms with E-state index < -0.39 is 11.7 Å². The van der Waals surface area contributed by atoms with Crippen molar-refractivity contribution < 1.29 is 9.18 Å². The molecule has 4 nitrogen and oxygen atoms in total. The highest BCUT2D eigenvalue weighted by molar-refractivity contribution is 5.78. The molecule has 0 radical (unpaired) electrons. The summed E-state index contributed by atoms with van der Waals surface area (Å²) in [6.45, 7) is -0.0890. The van der Waals surface area contributed by atoms with Gasteiger partial charge in [-0.3, -0.25) is 4.79 Å². The summed E-state index contributed by atoms with van der Waals surface area (Å²) in [5.41, 5.74) is 5.44. The number of nitrogens with zero attached hydrogens (tertiary/aromatic N) is 1. The first kappa shape index (κ1) is 9.99. The van der Waals surface area contributed by atoms with E-state index in [1.807, 2.05) is 0 Å². The molecule has 0 saturated heterocycles. The molecule has 1 amide bonds. The van der Waals surface area contributed by atoms with Crippen molar-refractivity contribution in [1.82, 2.24) is 0 Å². The Balaban J connectivity index is 2.82. The third kappa shape index (κ3) is 2.75. The highest BCUT2D eigenvalue weighted by Crippen LogP contribution is 2.12. The van der Waals surface area contributed by atoms with Gasteiger partial charge in [0.05, 0.1) is 18.2 Å². The van der Waals surface area contributed by atoms with Gasteiger partial charge in [-0.1, -0.05) is 0 Å². The van der Waals surface area contributed by atoms with Crippen LogP contribution in [0.15, 0.2) is 18.2 Å². The third-order valence-corrected chi connectivity index (χ3v) is 1.49. The Morgan fingerprint density at radius 1 is 1.57 bits per heavy atom. The highest BCUT2D eigenvalue weighted by atomic mass is 19.1. The fourth-order valence-electron chi connectivity index (χ4n) is 0.945. The molecule has 0 atom stereocenters. The Labute approximate surface area is 80.1 Å². The van der Waals surface area contributed by atoms with Crippen molar-refractivity contribution in [3.63, 3.8) is 0 Å². The van der Waals surface area contributed by atoms with Gasteiger partial charge in [0.25, 0.3) is 0 Å². The zero-order valence-corrected chi connectivity index (χ0v) is 7.25. The summed E-state index contributed by atoms with van der Waals surface area (Å²) in [4.78, 5) is 10.4. The van der Waals surface area contributed by atoms with Crippen molar-refractivity contribution in [2.45, 2.75) is 0 Å². The molecular formula is C9H8FN3O. The average molecular weight is 193 g/mol. The lowest BCUT2D eigenvalue weighted by Crippen LogP contribution is -2.21. The van der Waals surface area contributed by atoms with Gasteiger partial charge in [0, 0.05) is 5.69 Å². The minimum atomic E-state index is -0.548. The smallest absolute Gasteiger partial charge is 0.236 e. The molecule has 0 fully saturated rings. The lowest BCUT2D eigenvalue weighted by molar-refractivity contribution is -0.116. The molecule has 0 aromatic heterocycles. The van der Waals surface area contributed by atoms with Gasteiger partial charge in [0.15, 0.2) is 0 Å². The van der Waals surface area contributed by atoms with Crippen LogP contribution >= 0.6 is 0 Å². The molecule has 14 heavy (non-hydrogen) atoms. The number of hydrogen-bond acceptors (Lipinski definition) is 3. The van der Waals surface area contributed by atoms with E-state index in [1.54, 1.807) is 6.07 Å². The molecule has 5 heteroatoms. The van der Waals surface area contributed by atoms with E-state index in [-0.39, 0.29) is 12.1 Å². The second-order valence-corrected chi connectivity index (χ2v) is 2.66. The molecule has 1 aromatic rings. The summed E-state index contributed by atoms with van der Waals surface area (Å²) in [6, 6.07) is 5.53. The van der Waals surface area contributed by atoms with Crippen molar-refractivity contribution in [3.8, 4) is 6.07 Å². The number of carbonyl (C=O) groups excluding carboxylic acids is 1. The van der Waals surface area contributed by atoms with Crippen LogP contribution in [0, 0.1) is 17.1 Å². The van der Waals surface area contributed by atoms with Crippen LogP contribution in [0.2, 0.25) is 0 Å². The standard InChI is InChI=1S/C9H8FN3O/c10-7-1-6(4-11)2-8(3-7)13-5-9(12)14/h1-3,13H,5H2,(H2,12,14). The second-order valence-electron chi connectivity index (χ2n) is 2.66. The van der Waals surface area contributed by atoms with E-state index >= 15 is 0 Å². The Bertz CT molecular complexity index is 398. The number of halogens is 1. The monoisotopic (exact) mass is 193 g/mol. The molecular weight excluding hydrogens is 185 g/mol. The predicted molar refractivity (Wildman–Crippen MR) is 48.8 cm³/mol. The topological polar surface area (TPSA) is 78.9 Å². The number of nitrogens with two attached hydrogens (primary N) is 1. The average Bonchev–Trinajstić information content (AvgIpc) is 2.14. The van der Waals surface area contributed by atoms with Crippen LogP contribution in [0.3, 0.4) is 0 Å². The Kier molecular flexibility index (Phi) is 3.02. The number of carbonyl (C=O) groups is 1. The number of amides is 1. The predicted octanol–water partition coefficient (Wildman–Crippen LogP) is 0.595. The molecule has 0 saturated carbocycles. The molecule has 0 heterocycles. The summed E-state index contributed by atoms with van der Waals surface area (Å²) in [7, 11) is 0. The lowest BCUT2D eigenvalue weighted by atomic mass is 10.2. The Morgan fingerprint density at radius 3 is 2.86 bits per heavy atom. The summed E-state index contributed by atoms with van der Waals surface area (Å²) in [5.74, 6) is -1.08. The van der Waals surface area contributed by atoms with E-state index in [9.17, 15) is 9.18 Å². The lowest BCUT2D eigenvalue weighted by Gasteiger charge is -2.03. The van der Waals surface area contributed by atoms with Crippen LogP contribution in [-0.4, -0.2) is 12.5 Å². The first-order chi connectivity index (χ1) is 6.61. The summed E-state index contributed by atoms with van der Waals surface area (Å²) < 4.78 is 12.8. The van der Waals surface area contributed by atoms with Crippen LogP contribution in [0.25, 0.3) is 0 Å². The SMILES string of the molecule is N#Cc1cc(F)cc(NCC(N)=O)c1. The molecule has 0 aliphatic heterocycles. The molecule has 0 spiro atoms. The molecule has 1 aromatic carbocycles. The number of nitrogens with one attached hydrogen (secondary N) is 1. The van der Waals surface area contributed by atoms with Crippen LogP contribution in [0.5, 0.6) is 0 Å². The second kappa shape index (κ2) is 4.23. The number of benzene rings is 1. The molecule has 0 unspecified atom stereocenters. The Morgan fingerprint density at radius 2 is 2.29 bits per heavy atom. The van der Waals surface area contributed by atoms with E-state index in [2.05, 4.69) is 5.32 Å². The fourth-order valence-corrected chi connectivity index (χ4v) is 0.945. The molecule has 72 valence electrons. The zero-order valence-electron chi connectivity index (χ0n) is 7.25. The third-order valence-electron chi connectivity index (χ3n) is 1.49. The van der Waals surface area contributed by atoms with Crippen LogP contribution in [0.1, 0.15) is 5.56 Å². The molecule has 3 N–H and O–H groups in total. The van der Waals surface area contributed by atoms with Crippen molar-refractivity contribution in [3.05, 3.63) is 29.6 Å². The number of hydrogen-bond donors (Lipinski definition) is 2. The maximum absolute atomic E-state index is 12.8. The van der Waals surface area contributed by atoms with Crippen molar-refractivity contribution >= 4 is 11.6 Å². The van der Waals surface area contributed by atoms with Gasteiger partial charge in [-0.15, -0.1) is 0 Å². The highest BCUT2D eigenvalue weighted by Gasteiger charge is 2.00. The van der Waals surface area contributed by atoms with Crippen molar-refractivity contribution in [2.24, 2.45) is 5.73 Å². The van der Waals surface area contributed by atoms with E-state index in [1.165, 1.54) is 12.1 Å². The summed E-state index contributed by atoms with van der Waals surface area (Å²) >= 11 is 0. The number of nitriles is 1. The van der Waals surface area contributed by atoms with Gasteiger partial charge in [-0.25, -0.2) is 4.39 Å². The molecule has 0 aliphatic carbocycles. The van der Waals surface area contributed by atoms with Gasteiger partial charge in [0.2, 0.25) is 5.91 Å². The van der Waals surface area contributed by atoms with Crippen LogP contribution < -0.4 is 11.1 Å². The minimum absolute atomic E-state index is 0.0890. The van der Waals surface area contributed by atoms with Gasteiger partial charge >= 0.3 is 0 Å². The van der Waals surface area contributed by atoms with Crippen molar-refractivity contribution in [1.29, 1.82) is 5.26 Å². The van der Waals surface area contributed by atoms with Gasteiger partial charge in [0.1, 0.15) is 5.82 Å². The van der Waals surface area contributed by atoms with Gasteiger partial charge in [-0.2, -0.15) is 5.26 Å². The largest absolute Gasteiger partial charge is 0.376 e. The molecule has 0 aliphatic rings. The first-order valence-corrected chi connectivity index (χ1v) is 3.84. The van der Waals surface area contributed by atoms with Crippen LogP contribution in [0.4, 0.5) is 10.1 Å². The zero-order chi connectivity index (χ0) is 10.6. The quantitative estimate of drug-likeness (QED) is 0.737. The number of primary amides is 1. The maximum Gasteiger partial charge on any atom is 0.236 e. The van der Waals surface area contributed by atoms with E-state index in [0.29, 0.717) is 5.69 Å². The maximum atomic E-state index is 12.8. The van der Waals surface area contributed by atoms with Crippen LogP contribution in [-0.2, 0) is 4.79 Å². The summed E-state index contributed by atoms with van der Waals surface area (Å²) in [5, 5.41) is 11.1. The van der Waals surface area contributed by atoms with E-state index in [4.69, 9.17) is 11.0 Å². The van der Waals surface area contributed by atoms with Gasteiger partial charge in [-0.05, 0) is 18.2 Å². The summed E-state index contributed by atoms with van der Waals surface area (Å²) in [6.07, 6.45) is 0. The van der Waals surface area contributed by atoms with Crippen molar-refractivity contribution in [2.75, 3.05) is 11.9 Å². The molecule has 0 bridgehead atoms. The van der Waals surface area contributed by atoms with Gasteiger partial charge < -0.3 is 11.1 Å². The van der Waals surface area contributed by atoms with E-state index in [0.717, 1.165) is 6.07 Å². The normalized spacial score (nSPS) is 9.14. The number of anilines is 1. The fraction of sp³-hybridized carbons (Fsp3) is 0.111. The Hall–Kier alpha value is -2.09. The minimum Gasteiger partial charge on any atom is -0.376 e. The first-order valence-electron chi connectivity index (χ1n) is 3.84.